The quantitative estimate of drug-likeness (QED) is 0.840. The number of rotatable bonds is 6. The summed E-state index contributed by atoms with van der Waals surface area (Å²) in [6.45, 7) is 6.11. The molecule has 0 saturated carbocycles. The average molecular weight is 349 g/mol. The van der Waals surface area contributed by atoms with Crippen molar-refractivity contribution >= 4 is 12.4 Å². The monoisotopic (exact) mass is 348 g/mol. The van der Waals surface area contributed by atoms with Crippen LogP contribution in [-0.4, -0.2) is 26.2 Å². The second kappa shape index (κ2) is 9.52. The maximum Gasteiger partial charge on any atom is 0.161 e. The molecule has 1 fully saturated rings. The molecule has 0 unspecified atom stereocenters. The first-order chi connectivity index (χ1) is 11.4. The SMILES string of the molecule is CCOc1cc([C@H]2CNCCN2)ccc1OCc1ccccc1.Cl. The van der Waals surface area contributed by atoms with Crippen molar-refractivity contribution in [2.24, 2.45) is 0 Å². The second-order valence-electron chi connectivity index (χ2n) is 5.62. The van der Waals surface area contributed by atoms with Crippen LogP contribution in [0.5, 0.6) is 11.5 Å². The molecule has 0 bridgehead atoms. The fourth-order valence-corrected chi connectivity index (χ4v) is 2.75. The zero-order valence-electron chi connectivity index (χ0n) is 14.0. The Kier molecular flexibility index (Phi) is 7.37. The highest BCUT2D eigenvalue weighted by atomic mass is 35.5. The summed E-state index contributed by atoms with van der Waals surface area (Å²) >= 11 is 0. The van der Waals surface area contributed by atoms with Crippen LogP contribution in [-0.2, 0) is 6.61 Å². The van der Waals surface area contributed by atoms with Crippen molar-refractivity contribution in [1.82, 2.24) is 10.6 Å². The number of ether oxygens (including phenoxy) is 2. The van der Waals surface area contributed by atoms with Crippen molar-refractivity contribution in [3.05, 3.63) is 59.7 Å². The minimum absolute atomic E-state index is 0. The van der Waals surface area contributed by atoms with Crippen LogP contribution in [0.25, 0.3) is 0 Å². The van der Waals surface area contributed by atoms with Gasteiger partial charge in [0, 0.05) is 25.7 Å². The molecule has 5 heteroatoms. The molecule has 1 aliphatic rings. The van der Waals surface area contributed by atoms with Crippen LogP contribution >= 0.6 is 12.4 Å². The van der Waals surface area contributed by atoms with Gasteiger partial charge in [-0.3, -0.25) is 0 Å². The number of hydrogen-bond donors (Lipinski definition) is 2. The molecule has 0 radical (unpaired) electrons. The largest absolute Gasteiger partial charge is 0.490 e. The van der Waals surface area contributed by atoms with Gasteiger partial charge in [0.15, 0.2) is 11.5 Å². The molecule has 2 N–H and O–H groups in total. The van der Waals surface area contributed by atoms with Crippen molar-refractivity contribution in [2.45, 2.75) is 19.6 Å². The molecule has 2 aromatic rings. The van der Waals surface area contributed by atoms with E-state index in [0.717, 1.165) is 36.7 Å². The number of nitrogens with one attached hydrogen (secondary N) is 2. The summed E-state index contributed by atoms with van der Waals surface area (Å²) in [5.41, 5.74) is 2.38. The highest BCUT2D eigenvalue weighted by Crippen LogP contribution is 2.31. The van der Waals surface area contributed by atoms with Gasteiger partial charge in [0.2, 0.25) is 0 Å². The Labute approximate surface area is 150 Å². The van der Waals surface area contributed by atoms with E-state index < -0.39 is 0 Å². The summed E-state index contributed by atoms with van der Waals surface area (Å²) in [5, 5.41) is 6.93. The zero-order valence-corrected chi connectivity index (χ0v) is 14.8. The van der Waals surface area contributed by atoms with Crippen molar-refractivity contribution < 1.29 is 9.47 Å². The lowest BCUT2D eigenvalue weighted by Gasteiger charge is -2.25. The van der Waals surface area contributed by atoms with Crippen molar-refractivity contribution in [1.29, 1.82) is 0 Å². The lowest BCUT2D eigenvalue weighted by molar-refractivity contribution is 0.268. The number of halogens is 1. The van der Waals surface area contributed by atoms with Gasteiger partial charge in [-0.05, 0) is 30.2 Å². The Hall–Kier alpha value is -1.75. The molecule has 0 amide bonds. The topological polar surface area (TPSA) is 42.5 Å². The minimum atomic E-state index is 0. The maximum absolute atomic E-state index is 5.96. The predicted octanol–water partition coefficient (Wildman–Crippen LogP) is 3.32. The Morgan fingerprint density at radius 2 is 1.83 bits per heavy atom. The van der Waals surface area contributed by atoms with Crippen molar-refractivity contribution in [2.75, 3.05) is 26.2 Å². The van der Waals surface area contributed by atoms with Gasteiger partial charge >= 0.3 is 0 Å². The van der Waals surface area contributed by atoms with E-state index >= 15 is 0 Å². The fourth-order valence-electron chi connectivity index (χ4n) is 2.75. The average Bonchev–Trinajstić information content (AvgIpc) is 2.62. The Morgan fingerprint density at radius 1 is 1.00 bits per heavy atom. The number of piperazine rings is 1. The molecule has 24 heavy (non-hydrogen) atoms. The summed E-state index contributed by atoms with van der Waals surface area (Å²) < 4.78 is 11.7. The summed E-state index contributed by atoms with van der Waals surface area (Å²) in [4.78, 5) is 0. The van der Waals surface area contributed by atoms with E-state index in [1.54, 1.807) is 0 Å². The summed E-state index contributed by atoms with van der Waals surface area (Å²) in [7, 11) is 0. The van der Waals surface area contributed by atoms with E-state index in [4.69, 9.17) is 9.47 Å². The third kappa shape index (κ3) is 4.87. The summed E-state index contributed by atoms with van der Waals surface area (Å²) in [5.74, 6) is 1.61. The second-order valence-corrected chi connectivity index (χ2v) is 5.62. The molecule has 1 saturated heterocycles. The molecule has 3 rings (SSSR count). The van der Waals surface area contributed by atoms with E-state index in [1.807, 2.05) is 31.2 Å². The lowest BCUT2D eigenvalue weighted by atomic mass is 10.0. The van der Waals surface area contributed by atoms with E-state index in [0.29, 0.717) is 19.3 Å². The Bertz CT molecular complexity index is 616. The molecule has 1 aliphatic heterocycles. The van der Waals surface area contributed by atoms with Crippen LogP contribution in [0.3, 0.4) is 0 Å². The van der Waals surface area contributed by atoms with Crippen LogP contribution in [0.15, 0.2) is 48.5 Å². The third-order valence-corrected chi connectivity index (χ3v) is 3.95. The first-order valence-electron chi connectivity index (χ1n) is 8.24. The molecular formula is C19H25ClN2O2. The normalized spacial score (nSPS) is 17.0. The zero-order chi connectivity index (χ0) is 15.9. The number of hydrogen-bond acceptors (Lipinski definition) is 4. The lowest BCUT2D eigenvalue weighted by Crippen LogP contribution is -2.42. The molecule has 1 atom stereocenters. The molecule has 2 aromatic carbocycles. The molecule has 0 aromatic heterocycles. The fraction of sp³-hybridized carbons (Fsp3) is 0.368. The van der Waals surface area contributed by atoms with Crippen molar-refractivity contribution in [3.8, 4) is 11.5 Å². The predicted molar refractivity (Wildman–Crippen MR) is 99.2 cm³/mol. The smallest absolute Gasteiger partial charge is 0.161 e. The van der Waals surface area contributed by atoms with Crippen LogP contribution in [0.1, 0.15) is 24.1 Å². The van der Waals surface area contributed by atoms with Gasteiger partial charge in [0.05, 0.1) is 6.61 Å². The van der Waals surface area contributed by atoms with E-state index in [9.17, 15) is 0 Å². The van der Waals surface area contributed by atoms with Gasteiger partial charge in [-0.15, -0.1) is 12.4 Å². The summed E-state index contributed by atoms with van der Waals surface area (Å²) in [6.07, 6.45) is 0. The molecule has 0 aliphatic carbocycles. The molecule has 1 heterocycles. The Balaban J connectivity index is 0.00000208. The third-order valence-electron chi connectivity index (χ3n) is 3.95. The molecule has 130 valence electrons. The molecular weight excluding hydrogens is 324 g/mol. The van der Waals surface area contributed by atoms with Gasteiger partial charge in [-0.1, -0.05) is 36.4 Å². The Morgan fingerprint density at radius 3 is 2.54 bits per heavy atom. The first kappa shape index (κ1) is 18.6. The van der Waals surface area contributed by atoms with Gasteiger partial charge in [-0.25, -0.2) is 0 Å². The first-order valence-corrected chi connectivity index (χ1v) is 8.24. The molecule has 4 nitrogen and oxygen atoms in total. The van der Waals surface area contributed by atoms with Gasteiger partial charge in [-0.2, -0.15) is 0 Å². The number of benzene rings is 2. The van der Waals surface area contributed by atoms with Gasteiger partial charge < -0.3 is 20.1 Å². The van der Waals surface area contributed by atoms with Crippen LogP contribution in [0.2, 0.25) is 0 Å². The van der Waals surface area contributed by atoms with Gasteiger partial charge in [0.1, 0.15) is 6.61 Å². The van der Waals surface area contributed by atoms with Crippen LogP contribution in [0.4, 0.5) is 0 Å². The minimum Gasteiger partial charge on any atom is -0.490 e. The standard InChI is InChI=1S/C19H24N2O2.ClH/c1-2-22-19-12-16(17-13-20-10-11-21-17)8-9-18(19)23-14-15-6-4-3-5-7-15;/h3-9,12,17,20-21H,2,10-11,13-14H2,1H3;1H/t17-;/m1./s1. The van der Waals surface area contributed by atoms with Crippen molar-refractivity contribution in [3.63, 3.8) is 0 Å². The van der Waals surface area contributed by atoms with Crippen LogP contribution < -0.4 is 20.1 Å². The maximum atomic E-state index is 5.96. The van der Waals surface area contributed by atoms with E-state index in [2.05, 4.69) is 34.9 Å². The van der Waals surface area contributed by atoms with E-state index in [-0.39, 0.29) is 12.4 Å². The van der Waals surface area contributed by atoms with Gasteiger partial charge in [0.25, 0.3) is 0 Å². The van der Waals surface area contributed by atoms with E-state index in [1.165, 1.54) is 5.56 Å². The molecule has 0 spiro atoms. The highest BCUT2D eigenvalue weighted by Gasteiger charge is 2.16. The highest BCUT2D eigenvalue weighted by molar-refractivity contribution is 5.85. The summed E-state index contributed by atoms with van der Waals surface area (Å²) in [6, 6.07) is 16.7. The van der Waals surface area contributed by atoms with Crippen LogP contribution in [0, 0.1) is 0 Å².